The van der Waals surface area contributed by atoms with Crippen LogP contribution in [0.5, 0.6) is 0 Å². The Balaban J connectivity index is 2.83. The van der Waals surface area contributed by atoms with Gasteiger partial charge < -0.3 is 15.2 Å². The highest BCUT2D eigenvalue weighted by molar-refractivity contribution is 7.89. The summed E-state index contributed by atoms with van der Waals surface area (Å²) in [5.74, 6) is -1.06. The summed E-state index contributed by atoms with van der Waals surface area (Å²) in [4.78, 5) is 10.8. The number of carbonyl (C=O) groups is 1. The topological polar surface area (TPSA) is 119 Å². The molecule has 1 rings (SSSR count). The first-order valence-corrected chi connectivity index (χ1v) is 6.50. The second-order valence-corrected chi connectivity index (χ2v) is 5.12. The van der Waals surface area contributed by atoms with E-state index >= 15 is 0 Å². The lowest BCUT2D eigenvalue weighted by Crippen LogP contribution is -2.33. The van der Waals surface area contributed by atoms with Crippen molar-refractivity contribution in [2.45, 2.75) is 10.9 Å². The average Bonchev–Trinajstić information content (AvgIpc) is 2.28. The third kappa shape index (κ3) is 3.99. The van der Waals surface area contributed by atoms with E-state index < -0.39 is 22.0 Å². The molecule has 0 aromatic heterocycles. The van der Waals surface area contributed by atoms with Gasteiger partial charge in [-0.1, -0.05) is 0 Å². The number of nitrogens with two attached hydrogens (primary N) is 1. The van der Waals surface area contributed by atoms with E-state index in [1.54, 1.807) is 0 Å². The zero-order valence-corrected chi connectivity index (χ0v) is 10.5. The fourth-order valence-corrected chi connectivity index (χ4v) is 1.80. The van der Waals surface area contributed by atoms with Crippen LogP contribution in [0.2, 0.25) is 0 Å². The van der Waals surface area contributed by atoms with Gasteiger partial charge in [0.2, 0.25) is 10.0 Å². The maximum atomic E-state index is 11.0. The summed E-state index contributed by atoms with van der Waals surface area (Å²) >= 11 is 0. The van der Waals surface area contributed by atoms with Crippen LogP contribution in [0.15, 0.2) is 29.2 Å². The van der Waals surface area contributed by atoms with Crippen LogP contribution in [0.25, 0.3) is 0 Å². The van der Waals surface area contributed by atoms with Gasteiger partial charge in [0.25, 0.3) is 0 Å². The number of ether oxygens (including phenoxy) is 1. The molecule has 1 atom stereocenters. The van der Waals surface area contributed by atoms with Gasteiger partial charge in [-0.3, -0.25) is 0 Å². The van der Waals surface area contributed by atoms with Crippen LogP contribution in [-0.2, 0) is 19.6 Å². The van der Waals surface area contributed by atoms with Crippen molar-refractivity contribution in [2.75, 3.05) is 19.0 Å². The van der Waals surface area contributed by atoms with Crippen LogP contribution >= 0.6 is 0 Å². The summed E-state index contributed by atoms with van der Waals surface area (Å²) in [6, 6.07) is 4.55. The van der Waals surface area contributed by atoms with Crippen LogP contribution in [-0.4, -0.2) is 39.3 Å². The van der Waals surface area contributed by atoms with Gasteiger partial charge in [-0.25, -0.2) is 18.4 Å². The second-order valence-electron chi connectivity index (χ2n) is 3.56. The fourth-order valence-electron chi connectivity index (χ4n) is 1.28. The summed E-state index contributed by atoms with van der Waals surface area (Å²) in [7, 11) is -2.35. The SMILES string of the molecule is COCC(Nc1ccc(S(N)(=O)=O)cc1)C(=O)O. The zero-order chi connectivity index (χ0) is 13.8. The molecule has 1 aromatic carbocycles. The van der Waals surface area contributed by atoms with Gasteiger partial charge >= 0.3 is 5.97 Å². The molecule has 0 aliphatic rings. The number of nitrogens with one attached hydrogen (secondary N) is 1. The van der Waals surface area contributed by atoms with Crippen LogP contribution in [0.1, 0.15) is 0 Å². The minimum absolute atomic E-state index is 0.00767. The number of hydrogen-bond donors (Lipinski definition) is 3. The lowest BCUT2D eigenvalue weighted by atomic mass is 10.2. The number of anilines is 1. The van der Waals surface area contributed by atoms with Crippen molar-refractivity contribution < 1.29 is 23.1 Å². The predicted molar refractivity (Wildman–Crippen MR) is 64.7 cm³/mol. The third-order valence-electron chi connectivity index (χ3n) is 2.16. The maximum absolute atomic E-state index is 11.0. The largest absolute Gasteiger partial charge is 0.480 e. The first-order valence-electron chi connectivity index (χ1n) is 4.95. The minimum Gasteiger partial charge on any atom is -0.480 e. The monoisotopic (exact) mass is 274 g/mol. The fraction of sp³-hybridized carbons (Fsp3) is 0.300. The Kier molecular flexibility index (Phi) is 4.65. The van der Waals surface area contributed by atoms with Crippen LogP contribution in [0.4, 0.5) is 5.69 Å². The number of methoxy groups -OCH3 is 1. The molecule has 1 aromatic rings. The molecular weight excluding hydrogens is 260 g/mol. The van der Waals surface area contributed by atoms with Crippen LogP contribution in [0, 0.1) is 0 Å². The standard InChI is InChI=1S/C10H14N2O5S/c1-17-6-9(10(13)14)12-7-2-4-8(5-3-7)18(11,15)16/h2-5,9,12H,6H2,1H3,(H,13,14)(H2,11,15,16). The Bertz CT molecular complexity index is 512. The number of carboxylic acids is 1. The van der Waals surface area contributed by atoms with Crippen molar-refractivity contribution in [3.63, 3.8) is 0 Å². The van der Waals surface area contributed by atoms with E-state index in [4.69, 9.17) is 15.0 Å². The lowest BCUT2D eigenvalue weighted by molar-refractivity contribution is -0.139. The van der Waals surface area contributed by atoms with E-state index in [2.05, 4.69) is 5.32 Å². The zero-order valence-electron chi connectivity index (χ0n) is 9.66. The number of sulfonamides is 1. The van der Waals surface area contributed by atoms with Crippen molar-refractivity contribution >= 4 is 21.7 Å². The van der Waals surface area contributed by atoms with Crippen molar-refractivity contribution in [2.24, 2.45) is 5.14 Å². The van der Waals surface area contributed by atoms with Gasteiger partial charge in [-0.05, 0) is 24.3 Å². The average molecular weight is 274 g/mol. The van der Waals surface area contributed by atoms with Crippen molar-refractivity contribution in [1.29, 1.82) is 0 Å². The summed E-state index contributed by atoms with van der Waals surface area (Å²) in [5.41, 5.74) is 0.465. The Morgan fingerprint density at radius 2 is 2.00 bits per heavy atom. The number of primary sulfonamides is 1. The Morgan fingerprint density at radius 3 is 2.39 bits per heavy atom. The van der Waals surface area contributed by atoms with E-state index in [9.17, 15) is 13.2 Å². The van der Waals surface area contributed by atoms with Crippen LogP contribution < -0.4 is 10.5 Å². The highest BCUT2D eigenvalue weighted by Crippen LogP contribution is 2.13. The maximum Gasteiger partial charge on any atom is 0.328 e. The first-order chi connectivity index (χ1) is 8.34. The summed E-state index contributed by atoms with van der Waals surface area (Å²) in [5, 5.41) is 16.5. The number of benzene rings is 1. The molecule has 0 heterocycles. The van der Waals surface area contributed by atoms with Crippen molar-refractivity contribution in [3.05, 3.63) is 24.3 Å². The number of rotatable bonds is 6. The lowest BCUT2D eigenvalue weighted by Gasteiger charge is -2.14. The molecule has 7 nitrogen and oxygen atoms in total. The van der Waals surface area contributed by atoms with Crippen LogP contribution in [0.3, 0.4) is 0 Å². The van der Waals surface area contributed by atoms with Gasteiger partial charge in [-0.15, -0.1) is 0 Å². The Hall–Kier alpha value is -1.64. The van der Waals surface area contributed by atoms with E-state index in [1.165, 1.54) is 31.4 Å². The quantitative estimate of drug-likeness (QED) is 0.663. The smallest absolute Gasteiger partial charge is 0.328 e. The molecule has 8 heteroatoms. The molecule has 1 unspecified atom stereocenters. The Morgan fingerprint density at radius 1 is 1.44 bits per heavy atom. The minimum atomic E-state index is -3.74. The van der Waals surface area contributed by atoms with Crippen molar-refractivity contribution in [1.82, 2.24) is 0 Å². The van der Waals surface area contributed by atoms with E-state index in [1.807, 2.05) is 0 Å². The molecule has 0 aliphatic heterocycles. The number of aliphatic carboxylic acids is 1. The number of hydrogen-bond acceptors (Lipinski definition) is 5. The second kappa shape index (κ2) is 5.80. The highest BCUT2D eigenvalue weighted by atomic mass is 32.2. The van der Waals surface area contributed by atoms with Gasteiger partial charge in [0.1, 0.15) is 6.04 Å². The molecule has 0 bridgehead atoms. The molecule has 0 spiro atoms. The van der Waals surface area contributed by atoms with Crippen molar-refractivity contribution in [3.8, 4) is 0 Å². The summed E-state index contributed by atoms with van der Waals surface area (Å²) in [6.07, 6.45) is 0. The third-order valence-corrected chi connectivity index (χ3v) is 3.08. The normalized spacial score (nSPS) is 13.0. The molecule has 100 valence electrons. The molecule has 0 saturated heterocycles. The molecule has 0 aliphatic carbocycles. The van der Waals surface area contributed by atoms with E-state index in [-0.39, 0.29) is 11.5 Å². The molecule has 4 N–H and O–H groups in total. The molecule has 0 radical (unpaired) electrons. The van der Waals surface area contributed by atoms with Gasteiger partial charge in [-0.2, -0.15) is 0 Å². The summed E-state index contributed by atoms with van der Waals surface area (Å²) in [6.45, 7) is -0.00767. The molecular formula is C10H14N2O5S. The number of carboxylic acid groups (broad SMARTS) is 1. The summed E-state index contributed by atoms with van der Waals surface area (Å²) < 4.78 is 26.8. The molecule has 0 saturated carbocycles. The Labute approximate surface area is 105 Å². The molecule has 0 fully saturated rings. The van der Waals surface area contributed by atoms with Gasteiger partial charge in [0.15, 0.2) is 0 Å². The predicted octanol–water partition coefficient (Wildman–Crippen LogP) is -0.154. The molecule has 0 amide bonds. The van der Waals surface area contributed by atoms with E-state index in [0.29, 0.717) is 5.69 Å². The van der Waals surface area contributed by atoms with Gasteiger partial charge in [0.05, 0.1) is 11.5 Å². The van der Waals surface area contributed by atoms with E-state index in [0.717, 1.165) is 0 Å². The molecule has 18 heavy (non-hydrogen) atoms. The highest BCUT2D eigenvalue weighted by Gasteiger charge is 2.17. The first kappa shape index (κ1) is 14.4. The van der Waals surface area contributed by atoms with Gasteiger partial charge in [0, 0.05) is 12.8 Å².